The third-order valence-electron chi connectivity index (χ3n) is 1.41. The van der Waals surface area contributed by atoms with Crippen LogP contribution in [0.25, 0.3) is 11.5 Å². The number of nitrogens with one attached hydrogen (secondary N) is 2. The second kappa shape index (κ2) is 7.45. The van der Waals surface area contributed by atoms with Gasteiger partial charge in [0, 0.05) is 0 Å². The maximum absolute atomic E-state index is 10.5. The topological polar surface area (TPSA) is 81.7 Å². The van der Waals surface area contributed by atoms with E-state index < -0.39 is 11.8 Å². The molecule has 0 aliphatic rings. The zero-order chi connectivity index (χ0) is 9.14. The van der Waals surface area contributed by atoms with Gasteiger partial charge in [-0.05, 0) is 11.1 Å². The van der Waals surface area contributed by atoms with E-state index in [0.29, 0.717) is 0 Å². The summed E-state index contributed by atoms with van der Waals surface area (Å²) in [4.78, 5) is 20.9. The monoisotopic (exact) mass is 208 g/mol. The summed E-state index contributed by atoms with van der Waals surface area (Å²) in [5, 5.41) is 0. The van der Waals surface area contributed by atoms with Crippen LogP contribution in [0, 0.1) is 0 Å². The fourth-order valence-corrected chi connectivity index (χ4v) is 0.773. The van der Waals surface area contributed by atoms with Crippen LogP contribution in [-0.2, 0) is 0 Å². The maximum atomic E-state index is 10.5. The smallest absolute Gasteiger partial charge is 0.664 e. The van der Waals surface area contributed by atoms with Crippen LogP contribution in [-0.4, -0.2) is 11.8 Å². The molecule has 1 aromatic rings. The molecule has 2 N–H and O–H groups in total. The van der Waals surface area contributed by atoms with E-state index in [1.165, 1.54) is 24.3 Å². The Bertz CT molecular complexity index is 292. The maximum Gasteiger partial charge on any atom is 1.00 e. The average Bonchev–Trinajstić information content (AvgIpc) is 2.04. The van der Waals surface area contributed by atoms with Crippen LogP contribution >= 0.6 is 0 Å². The van der Waals surface area contributed by atoms with Crippen molar-refractivity contribution < 1.29 is 68.7 Å². The molecule has 0 radical (unpaired) electrons. The first-order chi connectivity index (χ1) is 5.61. The summed E-state index contributed by atoms with van der Waals surface area (Å²) in [5.74, 6) is -1.59. The van der Waals surface area contributed by atoms with Crippen molar-refractivity contribution in [2.24, 2.45) is 0 Å². The summed E-state index contributed by atoms with van der Waals surface area (Å²) in [6, 6.07) is 5.43. The van der Waals surface area contributed by atoms with Crippen LogP contribution in [0.5, 0.6) is 0 Å². The Labute approximate surface area is 126 Å². The van der Waals surface area contributed by atoms with Gasteiger partial charge in [0.1, 0.15) is 0 Å². The van der Waals surface area contributed by atoms with E-state index in [9.17, 15) is 9.59 Å². The molecule has 1 aromatic carbocycles. The number of hydrogen-bond donors (Lipinski definition) is 0. The van der Waals surface area contributed by atoms with Gasteiger partial charge in [-0.15, -0.1) is 0 Å². The van der Waals surface area contributed by atoms with Crippen molar-refractivity contribution in [3.8, 4) is 0 Å². The van der Waals surface area contributed by atoms with Crippen molar-refractivity contribution >= 4 is 11.8 Å². The number of hydrogen-bond acceptors (Lipinski definition) is 2. The molecule has 0 fully saturated rings. The predicted octanol–water partition coefficient (Wildman–Crippen LogP) is -3.92. The first-order valence-corrected chi connectivity index (χ1v) is 3.23. The van der Waals surface area contributed by atoms with Crippen LogP contribution in [0.4, 0.5) is 0 Å². The standard InChI is InChI=1S/C8H8N2O2.2Na/c9-7(11)5-1-2-6(4-3-5)8(10)12;;/h1-4H,(H4,9,10,11,12);;/q;2*+1/p-2. The Balaban J connectivity index is 0. The summed E-state index contributed by atoms with van der Waals surface area (Å²) in [7, 11) is 0. The number of benzene rings is 1. The number of carbonyl (C=O) groups is 2. The predicted molar refractivity (Wildman–Crippen MR) is 43.7 cm³/mol. The minimum Gasteiger partial charge on any atom is -0.664 e. The van der Waals surface area contributed by atoms with E-state index >= 15 is 0 Å². The summed E-state index contributed by atoms with van der Waals surface area (Å²) >= 11 is 0. The summed E-state index contributed by atoms with van der Waals surface area (Å²) < 4.78 is 0. The van der Waals surface area contributed by atoms with Crippen molar-refractivity contribution in [2.45, 2.75) is 0 Å². The Morgan fingerprint density at radius 1 is 0.786 bits per heavy atom. The van der Waals surface area contributed by atoms with Crippen LogP contribution in [0.15, 0.2) is 24.3 Å². The van der Waals surface area contributed by atoms with Crippen molar-refractivity contribution in [3.63, 3.8) is 0 Å². The minimum atomic E-state index is -0.793. The molecule has 0 spiro atoms. The number of amides is 2. The van der Waals surface area contributed by atoms with Crippen molar-refractivity contribution in [1.82, 2.24) is 0 Å². The van der Waals surface area contributed by atoms with Gasteiger partial charge in [-0.3, -0.25) is 0 Å². The molecule has 0 bridgehead atoms. The molecule has 0 aromatic heterocycles. The molecule has 62 valence electrons. The average molecular weight is 208 g/mol. The van der Waals surface area contributed by atoms with Crippen molar-refractivity contribution in [2.75, 3.05) is 0 Å². The van der Waals surface area contributed by atoms with E-state index in [2.05, 4.69) is 0 Å². The van der Waals surface area contributed by atoms with Gasteiger partial charge in [-0.25, -0.2) is 0 Å². The van der Waals surface area contributed by atoms with Crippen LogP contribution in [0.2, 0.25) is 0 Å². The van der Waals surface area contributed by atoms with E-state index in [1.54, 1.807) is 0 Å². The van der Waals surface area contributed by atoms with Crippen LogP contribution in [0.3, 0.4) is 0 Å². The summed E-state index contributed by atoms with van der Waals surface area (Å²) in [6.45, 7) is 0. The molecule has 0 saturated carbocycles. The molecular weight excluding hydrogens is 202 g/mol. The van der Waals surface area contributed by atoms with Crippen LogP contribution < -0.4 is 59.1 Å². The zero-order valence-corrected chi connectivity index (χ0v) is 12.1. The first kappa shape index (κ1) is 16.6. The van der Waals surface area contributed by atoms with Crippen molar-refractivity contribution in [3.05, 3.63) is 46.9 Å². The fourth-order valence-electron chi connectivity index (χ4n) is 0.773. The third-order valence-corrected chi connectivity index (χ3v) is 1.41. The molecule has 14 heavy (non-hydrogen) atoms. The fraction of sp³-hybridized carbons (Fsp3) is 0. The largest absolute Gasteiger partial charge is 1.00 e. The summed E-state index contributed by atoms with van der Waals surface area (Å²) in [5.41, 5.74) is 13.9. The Hall–Kier alpha value is 0.160. The molecule has 0 unspecified atom stereocenters. The van der Waals surface area contributed by atoms with Gasteiger partial charge < -0.3 is 21.1 Å². The molecule has 0 aliphatic carbocycles. The van der Waals surface area contributed by atoms with Gasteiger partial charge in [-0.2, -0.15) is 0 Å². The second-order valence-electron chi connectivity index (χ2n) is 2.24. The van der Waals surface area contributed by atoms with E-state index in [0.717, 1.165) is 0 Å². The van der Waals surface area contributed by atoms with E-state index in [1.807, 2.05) is 0 Å². The van der Waals surface area contributed by atoms with Crippen LogP contribution in [0.1, 0.15) is 20.7 Å². The Morgan fingerprint density at radius 2 is 1.00 bits per heavy atom. The quantitative estimate of drug-likeness (QED) is 0.465. The van der Waals surface area contributed by atoms with Gasteiger partial charge in [0.05, 0.1) is 11.8 Å². The molecule has 0 atom stereocenters. The Morgan fingerprint density at radius 3 is 1.14 bits per heavy atom. The zero-order valence-electron chi connectivity index (χ0n) is 8.13. The van der Waals surface area contributed by atoms with Gasteiger partial charge >= 0.3 is 59.1 Å². The molecule has 1 rings (SSSR count). The third kappa shape index (κ3) is 4.59. The second-order valence-corrected chi connectivity index (χ2v) is 2.24. The molecular formula is C8H6N2Na2O2. The molecule has 0 aliphatic heterocycles. The Kier molecular flexibility index (Phi) is 8.83. The van der Waals surface area contributed by atoms with Gasteiger partial charge in [0.2, 0.25) is 0 Å². The normalized spacial score (nSPS) is 8.00. The SMILES string of the molecule is [NH-]C(=O)c1ccc(C([NH-])=O)cc1.[Na+].[Na+]. The molecule has 0 heterocycles. The molecule has 4 nitrogen and oxygen atoms in total. The molecule has 0 saturated heterocycles. The number of rotatable bonds is 2. The van der Waals surface area contributed by atoms with Gasteiger partial charge in [0.25, 0.3) is 0 Å². The molecule has 2 amide bonds. The number of carbonyl (C=O) groups excluding carboxylic acids is 2. The van der Waals surface area contributed by atoms with E-state index in [4.69, 9.17) is 11.5 Å². The summed E-state index contributed by atoms with van der Waals surface area (Å²) in [6.07, 6.45) is 0. The van der Waals surface area contributed by atoms with Crippen molar-refractivity contribution in [1.29, 1.82) is 0 Å². The van der Waals surface area contributed by atoms with Gasteiger partial charge in [0.15, 0.2) is 0 Å². The first-order valence-electron chi connectivity index (χ1n) is 3.23. The minimum absolute atomic E-state index is 0. The van der Waals surface area contributed by atoms with E-state index in [-0.39, 0.29) is 70.2 Å². The van der Waals surface area contributed by atoms with Gasteiger partial charge in [-0.1, -0.05) is 24.3 Å². The molecule has 6 heteroatoms.